The number of carbonyl (C=O) groups is 2. The summed E-state index contributed by atoms with van der Waals surface area (Å²) in [6, 6.07) is 8.54. The minimum atomic E-state index is -0.845. The molecule has 0 radical (unpaired) electrons. The van der Waals surface area contributed by atoms with Crippen molar-refractivity contribution in [2.45, 2.75) is 51.5 Å². The fourth-order valence-electron chi connectivity index (χ4n) is 4.50. The molecule has 1 aliphatic carbocycles. The van der Waals surface area contributed by atoms with Crippen LogP contribution in [0.1, 0.15) is 73.0 Å². The van der Waals surface area contributed by atoms with Crippen LogP contribution in [0.15, 0.2) is 30.5 Å². The van der Waals surface area contributed by atoms with Crippen LogP contribution in [0, 0.1) is 16.7 Å². The number of nitrogens with one attached hydrogen (secondary N) is 2. The fourth-order valence-corrected chi connectivity index (χ4v) is 4.72. The van der Waals surface area contributed by atoms with Crippen molar-refractivity contribution in [2.24, 2.45) is 5.41 Å². The molecule has 1 fully saturated rings. The van der Waals surface area contributed by atoms with E-state index in [0.29, 0.717) is 29.2 Å². The lowest BCUT2D eigenvalue weighted by atomic mass is 9.71. The number of methoxy groups -OCH3 is 1. The summed E-state index contributed by atoms with van der Waals surface area (Å²) in [7, 11) is 1.56. The summed E-state index contributed by atoms with van der Waals surface area (Å²) in [6.45, 7) is 2.20. The van der Waals surface area contributed by atoms with Crippen molar-refractivity contribution in [3.05, 3.63) is 52.2 Å². The molecule has 3 N–H and O–H groups in total. The number of carboxylic acids is 1. The van der Waals surface area contributed by atoms with Crippen LogP contribution in [0.2, 0.25) is 5.02 Å². The molecular formula is C25H29ClN4O4. The number of halogens is 1. The first-order chi connectivity index (χ1) is 16.3. The summed E-state index contributed by atoms with van der Waals surface area (Å²) < 4.78 is 5.40. The minimum Gasteiger partial charge on any atom is -0.496 e. The average Bonchev–Trinajstić information content (AvgIpc) is 2.83. The molecule has 9 heteroatoms. The third-order valence-corrected chi connectivity index (χ3v) is 6.63. The van der Waals surface area contributed by atoms with Gasteiger partial charge in [0, 0.05) is 18.3 Å². The molecule has 1 saturated carbocycles. The molecule has 1 aromatic carbocycles. The quantitative estimate of drug-likeness (QED) is 0.460. The smallest absolute Gasteiger partial charge is 0.303 e. The van der Waals surface area contributed by atoms with E-state index in [9.17, 15) is 20.0 Å². The molecule has 0 aliphatic heterocycles. The molecule has 180 valence electrons. The molecule has 0 bridgehead atoms. The standard InChI is InChI=1S/C25H29ClN4O4/c1-16(19-10-17(13-27)6-7-21(19)34-2)30-23-20(26)11-18(14-28-23)24(33)29-15-25(12-22(31)32)8-4-3-5-9-25/h6-7,10-11,14,16H,3-5,8-9,12,15H2,1-2H3,(H,28,30)(H,29,33)(H,31,32)/t16-/m0/s1. The Balaban J connectivity index is 1.69. The normalized spacial score (nSPS) is 15.6. The predicted molar refractivity (Wildman–Crippen MR) is 129 cm³/mol. The van der Waals surface area contributed by atoms with E-state index >= 15 is 0 Å². The molecule has 0 saturated heterocycles. The molecule has 0 spiro atoms. The molecule has 3 rings (SSSR count). The molecule has 1 heterocycles. The maximum absolute atomic E-state index is 12.8. The molecule has 34 heavy (non-hydrogen) atoms. The molecular weight excluding hydrogens is 456 g/mol. The van der Waals surface area contributed by atoms with Crippen molar-refractivity contribution in [2.75, 3.05) is 19.0 Å². The number of anilines is 1. The highest BCUT2D eigenvalue weighted by Crippen LogP contribution is 2.39. The number of carboxylic acid groups (broad SMARTS) is 1. The summed E-state index contributed by atoms with van der Waals surface area (Å²) in [5.41, 5.74) is 1.17. The van der Waals surface area contributed by atoms with Crippen molar-refractivity contribution in [3.63, 3.8) is 0 Å². The summed E-state index contributed by atoms with van der Waals surface area (Å²) in [5, 5.41) is 24.9. The highest BCUT2D eigenvalue weighted by atomic mass is 35.5. The summed E-state index contributed by atoms with van der Waals surface area (Å²) in [5.74, 6) is -0.163. The average molecular weight is 485 g/mol. The number of aromatic nitrogens is 1. The topological polar surface area (TPSA) is 124 Å². The van der Waals surface area contributed by atoms with Crippen LogP contribution in [0.3, 0.4) is 0 Å². The van der Waals surface area contributed by atoms with Gasteiger partial charge in [-0.25, -0.2) is 4.98 Å². The lowest BCUT2D eigenvalue weighted by Crippen LogP contribution is -2.40. The van der Waals surface area contributed by atoms with Crippen LogP contribution < -0.4 is 15.4 Å². The number of aliphatic carboxylic acids is 1. The zero-order chi connectivity index (χ0) is 24.7. The Hall–Kier alpha value is -3.31. The maximum Gasteiger partial charge on any atom is 0.303 e. The van der Waals surface area contributed by atoms with Crippen LogP contribution in [0.4, 0.5) is 5.82 Å². The molecule has 8 nitrogen and oxygen atoms in total. The first-order valence-electron chi connectivity index (χ1n) is 11.3. The van der Waals surface area contributed by atoms with Gasteiger partial charge in [-0.2, -0.15) is 5.26 Å². The Morgan fingerprint density at radius 2 is 2.03 bits per heavy atom. The van der Waals surface area contributed by atoms with Crippen molar-refractivity contribution >= 4 is 29.3 Å². The van der Waals surface area contributed by atoms with Crippen molar-refractivity contribution < 1.29 is 19.4 Å². The molecule has 1 atom stereocenters. The maximum atomic E-state index is 12.8. The van der Waals surface area contributed by atoms with E-state index in [0.717, 1.165) is 37.7 Å². The van der Waals surface area contributed by atoms with Crippen LogP contribution >= 0.6 is 11.6 Å². The second-order valence-electron chi connectivity index (χ2n) is 8.80. The van der Waals surface area contributed by atoms with Gasteiger partial charge in [-0.15, -0.1) is 0 Å². The Kier molecular flexibility index (Phi) is 8.35. The lowest BCUT2D eigenvalue weighted by molar-refractivity contribution is -0.140. The molecule has 1 aliphatic rings. The number of rotatable bonds is 9. The number of pyridine rings is 1. The first-order valence-corrected chi connectivity index (χ1v) is 11.6. The van der Waals surface area contributed by atoms with Gasteiger partial charge < -0.3 is 20.5 Å². The zero-order valence-electron chi connectivity index (χ0n) is 19.4. The number of hydrogen-bond acceptors (Lipinski definition) is 6. The summed E-state index contributed by atoms with van der Waals surface area (Å²) in [6.07, 6.45) is 6.09. The fraction of sp³-hybridized carbons (Fsp3) is 0.440. The van der Waals surface area contributed by atoms with Gasteiger partial charge in [0.05, 0.1) is 41.8 Å². The highest BCUT2D eigenvalue weighted by Gasteiger charge is 2.34. The Bertz CT molecular complexity index is 1090. The van der Waals surface area contributed by atoms with Crippen LogP contribution in [0.25, 0.3) is 0 Å². The van der Waals surface area contributed by atoms with Gasteiger partial charge in [0.15, 0.2) is 0 Å². The molecule has 1 amide bonds. The van der Waals surface area contributed by atoms with E-state index < -0.39 is 11.4 Å². The van der Waals surface area contributed by atoms with E-state index in [1.807, 2.05) is 6.92 Å². The number of hydrogen-bond donors (Lipinski definition) is 3. The van der Waals surface area contributed by atoms with Gasteiger partial charge in [-0.3, -0.25) is 9.59 Å². The number of ether oxygens (including phenoxy) is 1. The number of nitrogens with zero attached hydrogens (tertiary/aromatic N) is 2. The summed E-state index contributed by atoms with van der Waals surface area (Å²) >= 11 is 6.42. The van der Waals surface area contributed by atoms with Gasteiger partial charge in [-0.05, 0) is 49.4 Å². The first kappa shape index (κ1) is 25.3. The zero-order valence-corrected chi connectivity index (χ0v) is 20.1. The Labute approximate surface area is 204 Å². The molecule has 0 unspecified atom stereocenters. The number of benzene rings is 1. The number of amides is 1. The van der Waals surface area contributed by atoms with Crippen molar-refractivity contribution in [3.8, 4) is 11.8 Å². The van der Waals surface area contributed by atoms with Gasteiger partial charge >= 0.3 is 5.97 Å². The van der Waals surface area contributed by atoms with Gasteiger partial charge in [0.2, 0.25) is 0 Å². The monoisotopic (exact) mass is 484 g/mol. The van der Waals surface area contributed by atoms with Gasteiger partial charge in [-0.1, -0.05) is 30.9 Å². The largest absolute Gasteiger partial charge is 0.496 e. The van der Waals surface area contributed by atoms with Crippen LogP contribution in [-0.4, -0.2) is 35.6 Å². The SMILES string of the molecule is COc1ccc(C#N)cc1[C@H](C)Nc1ncc(C(=O)NCC2(CC(=O)O)CCCCC2)cc1Cl. The lowest BCUT2D eigenvalue weighted by Gasteiger charge is -2.36. The number of carbonyl (C=O) groups excluding carboxylic acids is 1. The van der Waals surface area contributed by atoms with E-state index in [1.54, 1.807) is 25.3 Å². The Morgan fingerprint density at radius 3 is 2.65 bits per heavy atom. The second kappa shape index (κ2) is 11.2. The van der Waals surface area contributed by atoms with Crippen LogP contribution in [-0.2, 0) is 4.79 Å². The summed E-state index contributed by atoms with van der Waals surface area (Å²) in [4.78, 5) is 28.4. The Morgan fingerprint density at radius 1 is 1.29 bits per heavy atom. The van der Waals surface area contributed by atoms with E-state index in [-0.39, 0.29) is 23.4 Å². The van der Waals surface area contributed by atoms with Crippen LogP contribution in [0.5, 0.6) is 5.75 Å². The third-order valence-electron chi connectivity index (χ3n) is 6.35. The number of nitriles is 1. The van der Waals surface area contributed by atoms with E-state index in [4.69, 9.17) is 16.3 Å². The van der Waals surface area contributed by atoms with E-state index in [2.05, 4.69) is 21.7 Å². The van der Waals surface area contributed by atoms with E-state index in [1.165, 1.54) is 12.3 Å². The van der Waals surface area contributed by atoms with Gasteiger partial charge in [0.1, 0.15) is 11.6 Å². The van der Waals surface area contributed by atoms with Crippen molar-refractivity contribution in [1.29, 1.82) is 5.26 Å². The minimum absolute atomic E-state index is 0.0451. The second-order valence-corrected chi connectivity index (χ2v) is 9.21. The predicted octanol–water partition coefficient (Wildman–Crippen LogP) is 4.94. The third kappa shape index (κ3) is 6.17. The van der Waals surface area contributed by atoms with Gasteiger partial charge in [0.25, 0.3) is 5.91 Å². The van der Waals surface area contributed by atoms with Crippen molar-refractivity contribution in [1.82, 2.24) is 10.3 Å². The molecule has 2 aromatic rings. The highest BCUT2D eigenvalue weighted by molar-refractivity contribution is 6.33. The molecule has 1 aromatic heterocycles.